The number of carbonyl (C=O) groups is 2. The number of aromatic nitrogens is 1. The topological polar surface area (TPSA) is 83.5 Å². The Hall–Kier alpha value is -2.50. The molecule has 118 valence electrons. The highest BCUT2D eigenvalue weighted by atomic mass is 16.6. The molecule has 1 heterocycles. The van der Waals surface area contributed by atoms with Gasteiger partial charge in [-0.1, -0.05) is 0 Å². The molecule has 1 aromatic heterocycles. The molecule has 2 rings (SSSR count). The first-order chi connectivity index (χ1) is 10.2. The molecule has 6 nitrogen and oxygen atoms in total. The molecule has 0 unspecified atom stereocenters. The Bertz CT molecular complexity index is 726. The summed E-state index contributed by atoms with van der Waals surface area (Å²) in [6.45, 7) is 5.42. The smallest absolute Gasteiger partial charge is 0.326 e. The van der Waals surface area contributed by atoms with Crippen LogP contribution in [0.3, 0.4) is 0 Å². The van der Waals surface area contributed by atoms with Gasteiger partial charge in [0, 0.05) is 17.1 Å². The van der Waals surface area contributed by atoms with Gasteiger partial charge in [-0.3, -0.25) is 9.59 Å². The van der Waals surface area contributed by atoms with Crippen molar-refractivity contribution < 1.29 is 19.1 Å². The summed E-state index contributed by atoms with van der Waals surface area (Å²) in [5.74, 6) is -0.317. The minimum Gasteiger partial charge on any atom is -0.497 e. The van der Waals surface area contributed by atoms with Crippen molar-refractivity contribution in [1.82, 2.24) is 4.57 Å². The molecule has 1 aromatic carbocycles. The number of carbonyl (C=O) groups excluding carboxylic acids is 2. The molecule has 2 aromatic rings. The Morgan fingerprint density at radius 3 is 2.50 bits per heavy atom. The third kappa shape index (κ3) is 3.39. The summed E-state index contributed by atoms with van der Waals surface area (Å²) in [6, 6.07) is 5.27. The van der Waals surface area contributed by atoms with E-state index < -0.39 is 11.5 Å². The van der Waals surface area contributed by atoms with E-state index in [2.05, 4.69) is 0 Å². The van der Waals surface area contributed by atoms with Gasteiger partial charge in [-0.2, -0.15) is 0 Å². The Kier molecular flexibility index (Phi) is 4.12. The summed E-state index contributed by atoms with van der Waals surface area (Å²) in [7, 11) is 1.54. The lowest BCUT2D eigenvalue weighted by molar-refractivity contribution is -0.155. The maximum atomic E-state index is 12.0. The van der Waals surface area contributed by atoms with E-state index in [1.54, 1.807) is 56.8 Å². The van der Waals surface area contributed by atoms with Gasteiger partial charge in [0.1, 0.15) is 17.9 Å². The molecule has 0 aliphatic carbocycles. The van der Waals surface area contributed by atoms with Crippen LogP contribution in [0.5, 0.6) is 5.75 Å². The maximum Gasteiger partial charge on any atom is 0.326 e. The van der Waals surface area contributed by atoms with Gasteiger partial charge in [-0.15, -0.1) is 0 Å². The zero-order chi connectivity index (χ0) is 16.5. The number of benzene rings is 1. The number of primary amides is 1. The maximum absolute atomic E-state index is 12.0. The van der Waals surface area contributed by atoms with E-state index in [9.17, 15) is 9.59 Å². The number of amides is 1. The molecule has 0 bridgehead atoms. The van der Waals surface area contributed by atoms with E-state index in [0.29, 0.717) is 16.7 Å². The molecule has 2 N–H and O–H groups in total. The summed E-state index contributed by atoms with van der Waals surface area (Å²) >= 11 is 0. The molecule has 0 radical (unpaired) electrons. The van der Waals surface area contributed by atoms with E-state index >= 15 is 0 Å². The number of methoxy groups -OCH3 is 1. The number of ether oxygens (including phenoxy) is 2. The quantitative estimate of drug-likeness (QED) is 0.877. The summed E-state index contributed by atoms with van der Waals surface area (Å²) in [5, 5.41) is 0.649. The van der Waals surface area contributed by atoms with Crippen molar-refractivity contribution in [2.75, 3.05) is 7.11 Å². The van der Waals surface area contributed by atoms with Gasteiger partial charge in [-0.25, -0.2) is 0 Å². The SMILES string of the molecule is COc1ccc2c(c1)c(C(N)=O)cn2CC(=O)OC(C)(C)C. The van der Waals surface area contributed by atoms with Crippen molar-refractivity contribution >= 4 is 22.8 Å². The second-order valence-electron chi connectivity index (χ2n) is 6.00. The molecule has 0 fully saturated rings. The summed E-state index contributed by atoms with van der Waals surface area (Å²) in [4.78, 5) is 23.6. The van der Waals surface area contributed by atoms with E-state index in [4.69, 9.17) is 15.2 Å². The van der Waals surface area contributed by atoms with Gasteiger partial charge >= 0.3 is 5.97 Å². The number of hydrogen-bond acceptors (Lipinski definition) is 4. The van der Waals surface area contributed by atoms with Crippen LogP contribution in [0, 0.1) is 0 Å². The van der Waals surface area contributed by atoms with Crippen LogP contribution in [0.2, 0.25) is 0 Å². The van der Waals surface area contributed by atoms with Gasteiger partial charge in [0.25, 0.3) is 5.91 Å². The van der Waals surface area contributed by atoms with E-state index in [-0.39, 0.29) is 12.5 Å². The van der Waals surface area contributed by atoms with Crippen LogP contribution >= 0.6 is 0 Å². The standard InChI is InChI=1S/C16H20N2O4/c1-16(2,3)22-14(19)9-18-8-12(15(17)20)11-7-10(21-4)5-6-13(11)18/h5-8H,9H2,1-4H3,(H2,17,20). The zero-order valence-electron chi connectivity index (χ0n) is 13.2. The Balaban J connectivity index is 2.42. The average Bonchev–Trinajstić information content (AvgIpc) is 2.74. The molecule has 0 spiro atoms. The lowest BCUT2D eigenvalue weighted by Crippen LogP contribution is -2.26. The number of esters is 1. The molecule has 0 atom stereocenters. The van der Waals surface area contributed by atoms with Crippen LogP contribution < -0.4 is 10.5 Å². The van der Waals surface area contributed by atoms with Crippen LogP contribution in [0.1, 0.15) is 31.1 Å². The van der Waals surface area contributed by atoms with Crippen LogP contribution in [0.15, 0.2) is 24.4 Å². The Morgan fingerprint density at radius 1 is 1.27 bits per heavy atom. The van der Waals surface area contributed by atoms with Gasteiger partial charge in [-0.05, 0) is 39.0 Å². The fraction of sp³-hybridized carbons (Fsp3) is 0.375. The third-order valence-electron chi connectivity index (χ3n) is 3.07. The number of rotatable bonds is 4. The van der Waals surface area contributed by atoms with E-state index in [1.807, 2.05) is 0 Å². The number of nitrogens with two attached hydrogens (primary N) is 1. The first-order valence-corrected chi connectivity index (χ1v) is 6.90. The van der Waals surface area contributed by atoms with Gasteiger partial charge in [0.05, 0.1) is 12.7 Å². The van der Waals surface area contributed by atoms with Gasteiger partial charge in [0.15, 0.2) is 0 Å². The number of fused-ring (bicyclic) bond motifs is 1. The van der Waals surface area contributed by atoms with Crippen LogP contribution in [-0.2, 0) is 16.1 Å². The minimum atomic E-state index is -0.560. The van der Waals surface area contributed by atoms with Crippen LogP contribution in [0.25, 0.3) is 10.9 Å². The van der Waals surface area contributed by atoms with Gasteiger partial charge < -0.3 is 19.8 Å². The Labute approximate surface area is 128 Å². The highest BCUT2D eigenvalue weighted by Crippen LogP contribution is 2.26. The second kappa shape index (κ2) is 5.71. The first-order valence-electron chi connectivity index (χ1n) is 6.90. The van der Waals surface area contributed by atoms with Crippen molar-refractivity contribution in [2.45, 2.75) is 32.9 Å². The molecule has 6 heteroatoms. The fourth-order valence-corrected chi connectivity index (χ4v) is 2.24. The Morgan fingerprint density at radius 2 is 1.95 bits per heavy atom. The van der Waals surface area contributed by atoms with Crippen molar-refractivity contribution in [3.05, 3.63) is 30.0 Å². The third-order valence-corrected chi connectivity index (χ3v) is 3.07. The average molecular weight is 304 g/mol. The lowest BCUT2D eigenvalue weighted by Gasteiger charge is -2.19. The predicted molar refractivity (Wildman–Crippen MR) is 82.9 cm³/mol. The highest BCUT2D eigenvalue weighted by molar-refractivity contribution is 6.06. The molecular weight excluding hydrogens is 284 g/mol. The zero-order valence-corrected chi connectivity index (χ0v) is 13.2. The van der Waals surface area contributed by atoms with Crippen molar-refractivity contribution in [3.8, 4) is 5.75 Å². The van der Waals surface area contributed by atoms with Crippen molar-refractivity contribution in [2.24, 2.45) is 5.73 Å². The first kappa shape index (κ1) is 15.9. The molecule has 0 saturated carbocycles. The minimum absolute atomic E-state index is 0.00732. The van der Waals surface area contributed by atoms with Crippen molar-refractivity contribution in [3.63, 3.8) is 0 Å². The molecule has 0 aliphatic heterocycles. The second-order valence-corrected chi connectivity index (χ2v) is 6.00. The normalized spacial score (nSPS) is 11.5. The van der Waals surface area contributed by atoms with E-state index in [0.717, 1.165) is 5.52 Å². The summed E-state index contributed by atoms with van der Waals surface area (Å²) in [6.07, 6.45) is 1.57. The van der Waals surface area contributed by atoms with E-state index in [1.165, 1.54) is 0 Å². The van der Waals surface area contributed by atoms with Crippen molar-refractivity contribution in [1.29, 1.82) is 0 Å². The summed E-state index contributed by atoms with van der Waals surface area (Å²) in [5.41, 5.74) is 5.92. The van der Waals surface area contributed by atoms with Crippen LogP contribution in [0.4, 0.5) is 0 Å². The number of hydrogen-bond donors (Lipinski definition) is 1. The predicted octanol–water partition coefficient (Wildman–Crippen LogP) is 2.09. The highest BCUT2D eigenvalue weighted by Gasteiger charge is 2.19. The summed E-state index contributed by atoms with van der Waals surface area (Å²) < 4.78 is 12.1. The molecule has 0 aliphatic rings. The fourth-order valence-electron chi connectivity index (χ4n) is 2.24. The molecule has 0 saturated heterocycles. The van der Waals surface area contributed by atoms with Crippen LogP contribution in [-0.4, -0.2) is 29.2 Å². The molecule has 1 amide bonds. The monoisotopic (exact) mass is 304 g/mol. The van der Waals surface area contributed by atoms with Gasteiger partial charge in [0.2, 0.25) is 0 Å². The number of nitrogens with zero attached hydrogens (tertiary/aromatic N) is 1. The molecular formula is C16H20N2O4. The lowest BCUT2D eigenvalue weighted by atomic mass is 10.1. The largest absolute Gasteiger partial charge is 0.497 e. The molecule has 22 heavy (non-hydrogen) atoms.